The number of carbonyl (C=O) groups excluding carboxylic acids is 2. The summed E-state index contributed by atoms with van der Waals surface area (Å²) in [5, 5.41) is 0. The van der Waals surface area contributed by atoms with Gasteiger partial charge in [0.05, 0.1) is 0 Å². The number of fused-ring (bicyclic) bond motifs is 1. The fourth-order valence-corrected chi connectivity index (χ4v) is 3.73. The number of nitrogens with zero attached hydrogens (tertiary/aromatic N) is 5. The zero-order chi connectivity index (χ0) is 18.8. The number of benzene rings is 1. The van der Waals surface area contributed by atoms with Crippen LogP contribution in [0.1, 0.15) is 29.4 Å². The molecule has 0 saturated carbocycles. The quantitative estimate of drug-likeness (QED) is 0.813. The predicted octanol–water partition coefficient (Wildman–Crippen LogP) is 1.87. The van der Waals surface area contributed by atoms with Crippen molar-refractivity contribution in [3.63, 3.8) is 0 Å². The van der Waals surface area contributed by atoms with E-state index in [1.807, 2.05) is 12.1 Å². The molecule has 3 heterocycles. The molecule has 0 radical (unpaired) electrons. The molecule has 0 unspecified atom stereocenters. The molecule has 140 valence electrons. The highest BCUT2D eigenvalue weighted by atomic mass is 16.2. The highest BCUT2D eigenvalue weighted by Gasteiger charge is 2.26. The SMILES string of the molecule is CC(=O)N1CCN(C(=O)c2ccnc(N3CCCc4ccccc43)n2)CC1. The monoisotopic (exact) mass is 365 g/mol. The first-order valence-corrected chi connectivity index (χ1v) is 9.37. The van der Waals surface area contributed by atoms with E-state index < -0.39 is 0 Å². The normalized spacial score (nSPS) is 16.9. The van der Waals surface area contributed by atoms with E-state index in [1.165, 1.54) is 5.56 Å². The minimum absolute atomic E-state index is 0.0511. The van der Waals surface area contributed by atoms with Crippen molar-refractivity contribution in [3.8, 4) is 0 Å². The Bertz CT molecular complexity index is 861. The number of anilines is 2. The van der Waals surface area contributed by atoms with Gasteiger partial charge in [-0.25, -0.2) is 9.97 Å². The van der Waals surface area contributed by atoms with Crippen LogP contribution in [-0.2, 0) is 11.2 Å². The second-order valence-corrected chi connectivity index (χ2v) is 6.92. The molecule has 4 rings (SSSR count). The average Bonchev–Trinajstić information content (AvgIpc) is 2.73. The standard InChI is InChI=1S/C20H23N5O2/c1-15(26)23-11-13-24(14-12-23)19(27)17-8-9-21-20(22-17)25-10-4-6-16-5-2-3-7-18(16)25/h2-3,5,7-9H,4,6,10-14H2,1H3. The molecule has 7 heteroatoms. The van der Waals surface area contributed by atoms with Crippen LogP contribution in [-0.4, -0.2) is 64.3 Å². The number of para-hydroxylation sites is 1. The van der Waals surface area contributed by atoms with Gasteiger partial charge in [-0.05, 0) is 30.5 Å². The summed E-state index contributed by atoms with van der Waals surface area (Å²) in [6, 6.07) is 9.93. The van der Waals surface area contributed by atoms with Crippen molar-refractivity contribution >= 4 is 23.5 Å². The molecule has 1 aromatic heterocycles. The molecule has 2 aliphatic heterocycles. The van der Waals surface area contributed by atoms with E-state index >= 15 is 0 Å². The molecule has 2 aliphatic rings. The average molecular weight is 365 g/mol. The minimum atomic E-state index is -0.104. The summed E-state index contributed by atoms with van der Waals surface area (Å²) in [5.41, 5.74) is 2.80. The zero-order valence-corrected chi connectivity index (χ0v) is 15.5. The molecule has 0 N–H and O–H groups in total. The number of aromatic nitrogens is 2. The molecule has 0 aliphatic carbocycles. The molecule has 27 heavy (non-hydrogen) atoms. The minimum Gasteiger partial charge on any atom is -0.339 e. The summed E-state index contributed by atoms with van der Waals surface area (Å²) >= 11 is 0. The van der Waals surface area contributed by atoms with E-state index in [4.69, 9.17) is 0 Å². The molecule has 1 aromatic carbocycles. The molecule has 2 amide bonds. The van der Waals surface area contributed by atoms with Gasteiger partial charge in [0.2, 0.25) is 11.9 Å². The lowest BCUT2D eigenvalue weighted by atomic mass is 10.0. The lowest BCUT2D eigenvalue weighted by Crippen LogP contribution is -2.50. The van der Waals surface area contributed by atoms with Crippen LogP contribution in [0.2, 0.25) is 0 Å². The van der Waals surface area contributed by atoms with Crippen molar-refractivity contribution in [3.05, 3.63) is 47.8 Å². The van der Waals surface area contributed by atoms with Gasteiger partial charge in [0.15, 0.2) is 0 Å². The number of carbonyl (C=O) groups is 2. The van der Waals surface area contributed by atoms with Crippen molar-refractivity contribution in [2.45, 2.75) is 19.8 Å². The first-order chi connectivity index (χ1) is 13.1. The maximum Gasteiger partial charge on any atom is 0.272 e. The van der Waals surface area contributed by atoms with Gasteiger partial charge in [0.25, 0.3) is 5.91 Å². The number of hydrogen-bond donors (Lipinski definition) is 0. The van der Waals surface area contributed by atoms with E-state index in [9.17, 15) is 9.59 Å². The van der Waals surface area contributed by atoms with Gasteiger partial charge in [-0.3, -0.25) is 9.59 Å². The summed E-state index contributed by atoms with van der Waals surface area (Å²) in [6.45, 7) is 4.60. The Morgan fingerprint density at radius 1 is 0.963 bits per heavy atom. The van der Waals surface area contributed by atoms with Gasteiger partial charge >= 0.3 is 0 Å². The highest BCUT2D eigenvalue weighted by molar-refractivity contribution is 5.92. The van der Waals surface area contributed by atoms with Crippen molar-refractivity contribution in [1.29, 1.82) is 0 Å². The van der Waals surface area contributed by atoms with Crippen LogP contribution in [0.5, 0.6) is 0 Å². The number of hydrogen-bond acceptors (Lipinski definition) is 5. The first-order valence-electron chi connectivity index (χ1n) is 9.37. The second kappa shape index (κ2) is 7.34. The van der Waals surface area contributed by atoms with Crippen molar-refractivity contribution in [2.75, 3.05) is 37.6 Å². The predicted molar refractivity (Wildman–Crippen MR) is 102 cm³/mol. The lowest BCUT2D eigenvalue weighted by Gasteiger charge is -2.34. The van der Waals surface area contributed by atoms with Gasteiger partial charge in [0.1, 0.15) is 5.69 Å². The molecular formula is C20H23N5O2. The van der Waals surface area contributed by atoms with Crippen LogP contribution in [0.15, 0.2) is 36.5 Å². The molecule has 0 spiro atoms. The molecule has 1 fully saturated rings. The number of piperazine rings is 1. The Morgan fingerprint density at radius 2 is 1.70 bits per heavy atom. The summed E-state index contributed by atoms with van der Waals surface area (Å²) < 4.78 is 0. The molecule has 2 aromatic rings. The first kappa shape index (κ1) is 17.5. The number of rotatable bonds is 2. The van der Waals surface area contributed by atoms with Gasteiger partial charge in [0, 0.05) is 51.5 Å². The smallest absolute Gasteiger partial charge is 0.272 e. The van der Waals surface area contributed by atoms with E-state index in [-0.39, 0.29) is 11.8 Å². The summed E-state index contributed by atoms with van der Waals surface area (Å²) in [4.78, 5) is 38.9. The number of aryl methyl sites for hydroxylation is 1. The maximum atomic E-state index is 12.9. The largest absolute Gasteiger partial charge is 0.339 e. The summed E-state index contributed by atoms with van der Waals surface area (Å²) in [6.07, 6.45) is 3.73. The zero-order valence-electron chi connectivity index (χ0n) is 15.5. The van der Waals surface area contributed by atoms with E-state index in [2.05, 4.69) is 27.0 Å². The lowest BCUT2D eigenvalue weighted by molar-refractivity contribution is -0.130. The van der Waals surface area contributed by atoms with E-state index in [1.54, 1.807) is 29.0 Å². The molecule has 0 bridgehead atoms. The van der Waals surface area contributed by atoms with Crippen LogP contribution in [0.4, 0.5) is 11.6 Å². The van der Waals surface area contributed by atoms with Gasteiger partial charge in [-0.15, -0.1) is 0 Å². The highest BCUT2D eigenvalue weighted by Crippen LogP contribution is 2.31. The van der Waals surface area contributed by atoms with Crippen LogP contribution < -0.4 is 4.90 Å². The van der Waals surface area contributed by atoms with Crippen molar-refractivity contribution in [1.82, 2.24) is 19.8 Å². The Morgan fingerprint density at radius 3 is 2.48 bits per heavy atom. The Hall–Kier alpha value is -2.96. The fourth-order valence-electron chi connectivity index (χ4n) is 3.73. The van der Waals surface area contributed by atoms with Crippen LogP contribution in [0.3, 0.4) is 0 Å². The number of amides is 2. The van der Waals surface area contributed by atoms with Crippen molar-refractivity contribution in [2.24, 2.45) is 0 Å². The molecule has 0 atom stereocenters. The van der Waals surface area contributed by atoms with Crippen molar-refractivity contribution < 1.29 is 9.59 Å². The second-order valence-electron chi connectivity index (χ2n) is 6.92. The topological polar surface area (TPSA) is 69.6 Å². The third-order valence-corrected chi connectivity index (χ3v) is 5.23. The Labute approximate surface area is 158 Å². The van der Waals surface area contributed by atoms with E-state index in [0.717, 1.165) is 25.1 Å². The Balaban J connectivity index is 1.54. The third kappa shape index (κ3) is 3.49. The van der Waals surface area contributed by atoms with Crippen LogP contribution in [0, 0.1) is 0 Å². The van der Waals surface area contributed by atoms with Crippen LogP contribution >= 0.6 is 0 Å². The maximum absolute atomic E-state index is 12.9. The summed E-state index contributed by atoms with van der Waals surface area (Å²) in [5.74, 6) is 0.512. The summed E-state index contributed by atoms with van der Waals surface area (Å²) in [7, 11) is 0. The van der Waals surface area contributed by atoms with Gasteiger partial charge < -0.3 is 14.7 Å². The van der Waals surface area contributed by atoms with Crippen LogP contribution in [0.25, 0.3) is 0 Å². The molecule has 1 saturated heterocycles. The molecular weight excluding hydrogens is 342 g/mol. The van der Waals surface area contributed by atoms with Gasteiger partial charge in [-0.1, -0.05) is 18.2 Å². The fraction of sp³-hybridized carbons (Fsp3) is 0.400. The molecule has 7 nitrogen and oxygen atoms in total. The Kier molecular flexibility index (Phi) is 4.75. The third-order valence-electron chi connectivity index (χ3n) is 5.23. The van der Waals surface area contributed by atoms with Gasteiger partial charge in [-0.2, -0.15) is 0 Å². The van der Waals surface area contributed by atoms with E-state index in [0.29, 0.717) is 37.8 Å².